The number of rotatable bonds is 0. The molecule has 0 unspecified atom stereocenters. The van der Waals surface area contributed by atoms with Crippen LogP contribution in [0.2, 0.25) is 0 Å². The molecule has 0 aromatic rings. The zero-order valence-electron chi connectivity index (χ0n) is 5.74. The average molecular weight is 157 g/mol. The van der Waals surface area contributed by atoms with Gasteiger partial charge in [-0.2, -0.15) is 0 Å². The Hall–Kier alpha value is -1.39. The smallest absolute Gasteiger partial charge is 0.394 e. The molecule has 0 radical (unpaired) electrons. The van der Waals surface area contributed by atoms with E-state index in [1.807, 2.05) is 0 Å². The first-order chi connectivity index (χ1) is 5.11. The summed E-state index contributed by atoms with van der Waals surface area (Å²) in [6.07, 6.45) is 0.277. The summed E-state index contributed by atoms with van der Waals surface area (Å²) in [5.74, 6) is -2.57. The van der Waals surface area contributed by atoms with Crippen LogP contribution in [0.3, 0.4) is 0 Å². The van der Waals surface area contributed by atoms with Crippen molar-refractivity contribution < 1.29 is 19.5 Å². The molecular weight excluding hydrogens is 150 g/mol. The molecule has 0 atom stereocenters. The second-order valence-corrected chi connectivity index (χ2v) is 2.32. The fourth-order valence-electron chi connectivity index (χ4n) is 0.939. The molecule has 5 heteroatoms. The number of aliphatic carboxylic acids is 1. The number of amides is 1. The number of carbonyl (C=O) groups is 3. The first-order valence-electron chi connectivity index (χ1n) is 3.15. The fourth-order valence-corrected chi connectivity index (χ4v) is 0.939. The first-order valence-corrected chi connectivity index (χ1v) is 3.15. The average Bonchev–Trinajstić information content (AvgIpc) is 2.34. The molecule has 5 nitrogen and oxygen atoms in total. The van der Waals surface area contributed by atoms with Crippen molar-refractivity contribution in [2.75, 3.05) is 13.1 Å². The van der Waals surface area contributed by atoms with E-state index in [1.165, 1.54) is 0 Å². The number of carboxylic acids is 1. The second-order valence-electron chi connectivity index (χ2n) is 2.32. The van der Waals surface area contributed by atoms with Crippen LogP contribution in [0, 0.1) is 0 Å². The largest absolute Gasteiger partial charge is 0.474 e. The van der Waals surface area contributed by atoms with Gasteiger partial charge in [0.2, 0.25) is 0 Å². The molecule has 0 saturated carbocycles. The molecule has 1 heterocycles. The molecule has 0 aromatic heterocycles. The molecule has 0 bridgehead atoms. The minimum absolute atomic E-state index is 0.0505. The topological polar surface area (TPSA) is 74.7 Å². The van der Waals surface area contributed by atoms with Crippen LogP contribution in [-0.4, -0.2) is 40.8 Å². The first kappa shape index (κ1) is 7.71. The monoisotopic (exact) mass is 157 g/mol. The van der Waals surface area contributed by atoms with Crippen LogP contribution in [0.4, 0.5) is 0 Å². The number of carbonyl (C=O) groups excluding carboxylic acids is 2. The number of hydrogen-bond acceptors (Lipinski definition) is 3. The zero-order valence-corrected chi connectivity index (χ0v) is 5.74. The molecule has 1 rings (SSSR count). The third-order valence-electron chi connectivity index (χ3n) is 1.50. The lowest BCUT2D eigenvalue weighted by Gasteiger charge is -2.09. The summed E-state index contributed by atoms with van der Waals surface area (Å²) in [5, 5.41) is 8.23. The third-order valence-corrected chi connectivity index (χ3v) is 1.50. The van der Waals surface area contributed by atoms with E-state index in [4.69, 9.17) is 5.11 Å². The van der Waals surface area contributed by atoms with Gasteiger partial charge in [-0.05, 0) is 0 Å². The Kier molecular flexibility index (Phi) is 1.89. The van der Waals surface area contributed by atoms with Gasteiger partial charge in [-0.15, -0.1) is 0 Å². The third kappa shape index (κ3) is 1.54. The molecule has 0 spiro atoms. The van der Waals surface area contributed by atoms with Gasteiger partial charge in [0, 0.05) is 13.0 Å². The van der Waals surface area contributed by atoms with Crippen molar-refractivity contribution in [2.24, 2.45) is 0 Å². The van der Waals surface area contributed by atoms with Crippen LogP contribution in [-0.2, 0) is 14.4 Å². The van der Waals surface area contributed by atoms with Gasteiger partial charge in [0.05, 0.1) is 6.54 Å². The van der Waals surface area contributed by atoms with Crippen molar-refractivity contribution in [3.8, 4) is 0 Å². The summed E-state index contributed by atoms with van der Waals surface area (Å²) in [6.45, 7) is 0.190. The Morgan fingerprint density at radius 1 is 1.45 bits per heavy atom. The summed E-state index contributed by atoms with van der Waals surface area (Å²) in [4.78, 5) is 32.4. The van der Waals surface area contributed by atoms with Gasteiger partial charge in [-0.3, -0.25) is 9.59 Å². The summed E-state index contributed by atoms with van der Waals surface area (Å²) in [7, 11) is 0. The van der Waals surface area contributed by atoms with Crippen molar-refractivity contribution >= 4 is 17.7 Å². The van der Waals surface area contributed by atoms with Crippen LogP contribution in [0.15, 0.2) is 0 Å². The van der Waals surface area contributed by atoms with E-state index in [2.05, 4.69) is 0 Å². The molecule has 11 heavy (non-hydrogen) atoms. The number of likely N-dealkylation sites (tertiary alicyclic amines) is 1. The van der Waals surface area contributed by atoms with Gasteiger partial charge in [0.25, 0.3) is 0 Å². The van der Waals surface area contributed by atoms with Crippen molar-refractivity contribution in [2.45, 2.75) is 6.42 Å². The quantitative estimate of drug-likeness (QED) is 0.451. The van der Waals surface area contributed by atoms with Gasteiger partial charge in [0.15, 0.2) is 5.78 Å². The maximum absolute atomic E-state index is 10.7. The molecule has 0 aromatic carbocycles. The second kappa shape index (κ2) is 2.69. The van der Waals surface area contributed by atoms with Gasteiger partial charge in [-0.25, -0.2) is 4.79 Å². The highest BCUT2D eigenvalue weighted by Crippen LogP contribution is 2.03. The van der Waals surface area contributed by atoms with Crippen molar-refractivity contribution in [1.82, 2.24) is 4.90 Å². The molecule has 1 fully saturated rings. The lowest BCUT2D eigenvalue weighted by Crippen LogP contribution is -2.34. The van der Waals surface area contributed by atoms with Gasteiger partial charge in [0.1, 0.15) is 0 Å². The van der Waals surface area contributed by atoms with E-state index in [-0.39, 0.29) is 25.3 Å². The number of carboxylic acid groups (broad SMARTS) is 1. The van der Waals surface area contributed by atoms with Gasteiger partial charge in [-0.1, -0.05) is 0 Å². The molecule has 1 aliphatic heterocycles. The van der Waals surface area contributed by atoms with E-state index in [0.717, 1.165) is 4.90 Å². The van der Waals surface area contributed by atoms with E-state index in [1.54, 1.807) is 0 Å². The summed E-state index contributed by atoms with van der Waals surface area (Å²) in [6, 6.07) is 0. The summed E-state index contributed by atoms with van der Waals surface area (Å²) < 4.78 is 0. The van der Waals surface area contributed by atoms with E-state index >= 15 is 0 Å². The Morgan fingerprint density at radius 3 is 2.45 bits per heavy atom. The number of Topliss-reactive ketones (excluding diaryl/α,β-unsaturated/α-hetero) is 1. The number of ketones is 1. The molecule has 0 aliphatic carbocycles. The van der Waals surface area contributed by atoms with Crippen LogP contribution in [0.5, 0.6) is 0 Å². The lowest BCUT2D eigenvalue weighted by atomic mass is 10.4. The van der Waals surface area contributed by atoms with Crippen LogP contribution >= 0.6 is 0 Å². The molecule has 1 aliphatic rings. The highest BCUT2D eigenvalue weighted by Gasteiger charge is 2.27. The fraction of sp³-hybridized carbons (Fsp3) is 0.500. The Bertz CT molecular complexity index is 223. The Balaban J connectivity index is 2.56. The minimum Gasteiger partial charge on any atom is -0.474 e. The summed E-state index contributed by atoms with van der Waals surface area (Å²) >= 11 is 0. The van der Waals surface area contributed by atoms with Gasteiger partial charge >= 0.3 is 11.9 Å². The summed E-state index contributed by atoms with van der Waals surface area (Å²) in [5.41, 5.74) is 0. The SMILES string of the molecule is O=C1CCN(C(=O)C(=O)O)C1. The molecule has 1 saturated heterocycles. The van der Waals surface area contributed by atoms with Crippen molar-refractivity contribution in [1.29, 1.82) is 0 Å². The Morgan fingerprint density at radius 2 is 2.09 bits per heavy atom. The minimum atomic E-state index is -1.50. The molecule has 1 amide bonds. The highest BCUT2D eigenvalue weighted by atomic mass is 16.4. The van der Waals surface area contributed by atoms with Crippen molar-refractivity contribution in [3.05, 3.63) is 0 Å². The van der Waals surface area contributed by atoms with E-state index in [0.29, 0.717) is 0 Å². The van der Waals surface area contributed by atoms with Crippen LogP contribution in [0.1, 0.15) is 6.42 Å². The Labute approximate surface area is 62.6 Å². The van der Waals surface area contributed by atoms with E-state index in [9.17, 15) is 14.4 Å². The maximum atomic E-state index is 10.7. The zero-order chi connectivity index (χ0) is 8.43. The number of nitrogens with zero attached hydrogens (tertiary/aromatic N) is 1. The lowest BCUT2D eigenvalue weighted by molar-refractivity contribution is -0.155. The van der Waals surface area contributed by atoms with Crippen LogP contribution < -0.4 is 0 Å². The normalized spacial score (nSPS) is 17.1. The van der Waals surface area contributed by atoms with E-state index < -0.39 is 11.9 Å². The highest BCUT2D eigenvalue weighted by molar-refractivity contribution is 6.32. The molecule has 60 valence electrons. The standard InChI is InChI=1S/C6H7NO4/c8-4-1-2-7(3-4)5(9)6(10)11/h1-3H2,(H,10,11). The molecule has 1 N–H and O–H groups in total. The van der Waals surface area contributed by atoms with Gasteiger partial charge < -0.3 is 10.0 Å². The van der Waals surface area contributed by atoms with Crippen LogP contribution in [0.25, 0.3) is 0 Å². The predicted molar refractivity (Wildman–Crippen MR) is 33.8 cm³/mol. The van der Waals surface area contributed by atoms with Crippen molar-refractivity contribution in [3.63, 3.8) is 0 Å². The molecular formula is C6H7NO4. The maximum Gasteiger partial charge on any atom is 0.394 e. The predicted octanol–water partition coefficient (Wildman–Crippen LogP) is -1.13. The number of hydrogen-bond donors (Lipinski definition) is 1.